The molecule has 2 aromatic heterocycles. The van der Waals surface area contributed by atoms with Gasteiger partial charge in [-0.15, -0.1) is 11.3 Å². The van der Waals surface area contributed by atoms with E-state index in [0.29, 0.717) is 22.2 Å². The van der Waals surface area contributed by atoms with Crippen molar-refractivity contribution in [2.75, 3.05) is 6.61 Å². The minimum absolute atomic E-state index is 0.0572. The summed E-state index contributed by atoms with van der Waals surface area (Å²) >= 11 is 1.19. The second-order valence-electron chi connectivity index (χ2n) is 6.71. The van der Waals surface area contributed by atoms with E-state index in [9.17, 15) is 19.2 Å². The van der Waals surface area contributed by atoms with Crippen molar-refractivity contribution >= 4 is 39.9 Å². The van der Waals surface area contributed by atoms with Gasteiger partial charge in [0.15, 0.2) is 12.3 Å². The molecule has 0 spiro atoms. The zero-order valence-electron chi connectivity index (χ0n) is 15.9. The third-order valence-electron chi connectivity index (χ3n) is 3.93. The number of carbonyl (C=O) groups excluding carboxylic acids is 3. The number of hydrogen-bond acceptors (Lipinski definition) is 7. The van der Waals surface area contributed by atoms with Gasteiger partial charge in [0, 0.05) is 11.9 Å². The molecule has 9 heteroatoms. The van der Waals surface area contributed by atoms with Gasteiger partial charge >= 0.3 is 5.97 Å². The Morgan fingerprint density at radius 1 is 1.14 bits per heavy atom. The molecule has 2 heterocycles. The van der Waals surface area contributed by atoms with E-state index in [4.69, 9.17) is 4.74 Å². The number of aromatic nitrogens is 2. The summed E-state index contributed by atoms with van der Waals surface area (Å²) in [5.74, 6) is -2.02. The number of thiophene rings is 1. The van der Waals surface area contributed by atoms with Gasteiger partial charge in [0.2, 0.25) is 0 Å². The number of amides is 2. The Kier molecular flexibility index (Phi) is 6.18. The van der Waals surface area contributed by atoms with E-state index >= 15 is 0 Å². The Hall–Kier alpha value is -3.33. The SMILES string of the molecule is CC(C)Cn1nc(C(=O)OCC(=O)NC(=O)c2cccs2)c2ccccc2c1=O. The molecular formula is C20H19N3O5S. The molecule has 3 rings (SSSR count). The van der Waals surface area contributed by atoms with Crippen LogP contribution in [0.3, 0.4) is 0 Å². The number of benzene rings is 1. The molecule has 1 N–H and O–H groups in total. The third-order valence-corrected chi connectivity index (χ3v) is 4.80. The maximum absolute atomic E-state index is 12.6. The van der Waals surface area contributed by atoms with E-state index in [-0.39, 0.29) is 17.2 Å². The number of nitrogens with zero attached hydrogens (tertiary/aromatic N) is 2. The summed E-state index contributed by atoms with van der Waals surface area (Å²) in [7, 11) is 0. The van der Waals surface area contributed by atoms with Crippen LogP contribution in [0.25, 0.3) is 10.8 Å². The van der Waals surface area contributed by atoms with Crippen molar-refractivity contribution < 1.29 is 19.1 Å². The van der Waals surface area contributed by atoms with Crippen molar-refractivity contribution in [3.8, 4) is 0 Å². The zero-order chi connectivity index (χ0) is 21.0. The third kappa shape index (κ3) is 4.75. The molecule has 0 atom stereocenters. The van der Waals surface area contributed by atoms with Gasteiger partial charge in [0.05, 0.1) is 10.3 Å². The van der Waals surface area contributed by atoms with Crippen molar-refractivity contribution in [3.63, 3.8) is 0 Å². The molecule has 0 saturated carbocycles. The largest absolute Gasteiger partial charge is 0.451 e. The maximum atomic E-state index is 12.6. The molecule has 0 bridgehead atoms. The average Bonchev–Trinajstić information content (AvgIpc) is 3.23. The molecule has 0 aliphatic rings. The van der Waals surface area contributed by atoms with Gasteiger partial charge in [0.1, 0.15) is 0 Å². The topological polar surface area (TPSA) is 107 Å². The lowest BCUT2D eigenvalue weighted by Gasteiger charge is -2.12. The summed E-state index contributed by atoms with van der Waals surface area (Å²) in [6, 6.07) is 9.85. The van der Waals surface area contributed by atoms with Crippen molar-refractivity contribution in [1.29, 1.82) is 0 Å². The number of ether oxygens (including phenoxy) is 1. The normalized spacial score (nSPS) is 10.9. The summed E-state index contributed by atoms with van der Waals surface area (Å²) in [5, 5.41) is 8.70. The van der Waals surface area contributed by atoms with Gasteiger partial charge in [0.25, 0.3) is 17.4 Å². The first kappa shape index (κ1) is 20.4. The first-order valence-electron chi connectivity index (χ1n) is 8.91. The van der Waals surface area contributed by atoms with Gasteiger partial charge in [-0.3, -0.25) is 19.7 Å². The second kappa shape index (κ2) is 8.78. The smallest absolute Gasteiger partial charge is 0.359 e. The highest BCUT2D eigenvalue weighted by Crippen LogP contribution is 2.15. The molecule has 150 valence electrons. The van der Waals surface area contributed by atoms with Crippen LogP contribution in [0.5, 0.6) is 0 Å². The first-order valence-corrected chi connectivity index (χ1v) is 9.79. The van der Waals surface area contributed by atoms with E-state index in [1.54, 1.807) is 41.8 Å². The number of nitrogens with one attached hydrogen (secondary N) is 1. The van der Waals surface area contributed by atoms with Gasteiger partial charge in [-0.1, -0.05) is 38.1 Å². The van der Waals surface area contributed by atoms with Crippen LogP contribution in [0.2, 0.25) is 0 Å². The molecule has 0 fully saturated rings. The number of hydrogen-bond donors (Lipinski definition) is 1. The Labute approximate surface area is 170 Å². The molecule has 29 heavy (non-hydrogen) atoms. The molecule has 2 amide bonds. The van der Waals surface area contributed by atoms with Crippen LogP contribution in [0, 0.1) is 5.92 Å². The molecule has 8 nitrogen and oxygen atoms in total. The van der Waals surface area contributed by atoms with Crippen LogP contribution >= 0.6 is 11.3 Å². The van der Waals surface area contributed by atoms with E-state index in [1.165, 1.54) is 16.0 Å². The van der Waals surface area contributed by atoms with Gasteiger partial charge < -0.3 is 4.74 Å². The van der Waals surface area contributed by atoms with Crippen molar-refractivity contribution in [2.24, 2.45) is 5.92 Å². The number of rotatable bonds is 6. The summed E-state index contributed by atoms with van der Waals surface area (Å²) in [6.45, 7) is 3.54. The number of esters is 1. The Morgan fingerprint density at radius 3 is 2.52 bits per heavy atom. The highest BCUT2D eigenvalue weighted by molar-refractivity contribution is 7.12. The molecule has 0 radical (unpaired) electrons. The number of fused-ring (bicyclic) bond motifs is 1. The monoisotopic (exact) mass is 413 g/mol. The molecule has 0 aliphatic carbocycles. The van der Waals surface area contributed by atoms with Crippen LogP contribution in [-0.4, -0.2) is 34.2 Å². The fraction of sp³-hybridized carbons (Fsp3) is 0.250. The second-order valence-corrected chi connectivity index (χ2v) is 7.65. The fourth-order valence-corrected chi connectivity index (χ4v) is 3.31. The van der Waals surface area contributed by atoms with Crippen molar-refractivity contribution in [1.82, 2.24) is 15.1 Å². The van der Waals surface area contributed by atoms with Gasteiger partial charge in [-0.25, -0.2) is 9.48 Å². The fourth-order valence-electron chi connectivity index (χ4n) is 2.69. The lowest BCUT2D eigenvalue weighted by atomic mass is 10.1. The summed E-state index contributed by atoms with van der Waals surface area (Å²) in [4.78, 5) is 49.3. The first-order chi connectivity index (χ1) is 13.9. The predicted molar refractivity (Wildman–Crippen MR) is 108 cm³/mol. The lowest BCUT2D eigenvalue weighted by Crippen LogP contribution is -2.34. The molecule has 0 aliphatic heterocycles. The standard InChI is InChI=1S/C20H19N3O5S/c1-12(2)10-23-19(26)14-7-4-3-6-13(14)17(22-23)20(27)28-11-16(24)21-18(25)15-8-5-9-29-15/h3-9,12H,10-11H2,1-2H3,(H,21,24,25). The molecule has 3 aromatic rings. The lowest BCUT2D eigenvalue weighted by molar-refractivity contribution is -0.123. The van der Waals surface area contributed by atoms with Crippen LogP contribution in [0.4, 0.5) is 0 Å². The highest BCUT2D eigenvalue weighted by atomic mass is 32.1. The summed E-state index contributed by atoms with van der Waals surface area (Å²) < 4.78 is 6.26. The van der Waals surface area contributed by atoms with E-state index in [2.05, 4.69) is 10.4 Å². The molecule has 1 aromatic carbocycles. The van der Waals surface area contributed by atoms with E-state index in [0.717, 1.165) is 0 Å². The Bertz CT molecular complexity index is 1120. The van der Waals surface area contributed by atoms with Crippen LogP contribution in [0.1, 0.15) is 34.0 Å². The van der Waals surface area contributed by atoms with Crippen molar-refractivity contribution in [3.05, 3.63) is 62.7 Å². The maximum Gasteiger partial charge on any atom is 0.359 e. The minimum Gasteiger partial charge on any atom is -0.451 e. The van der Waals surface area contributed by atoms with Crippen LogP contribution < -0.4 is 10.9 Å². The van der Waals surface area contributed by atoms with Crippen LogP contribution in [0.15, 0.2) is 46.6 Å². The van der Waals surface area contributed by atoms with Crippen molar-refractivity contribution in [2.45, 2.75) is 20.4 Å². The Morgan fingerprint density at radius 2 is 1.86 bits per heavy atom. The van der Waals surface area contributed by atoms with E-state index in [1.807, 2.05) is 13.8 Å². The Balaban J connectivity index is 1.78. The minimum atomic E-state index is -0.850. The molecule has 0 unspecified atom stereocenters. The zero-order valence-corrected chi connectivity index (χ0v) is 16.7. The molecule has 0 saturated heterocycles. The quantitative estimate of drug-likeness (QED) is 0.621. The predicted octanol–water partition coefficient (Wildman–Crippen LogP) is 2.23. The average molecular weight is 413 g/mol. The highest BCUT2D eigenvalue weighted by Gasteiger charge is 2.20. The number of imide groups is 1. The van der Waals surface area contributed by atoms with E-state index < -0.39 is 24.4 Å². The summed E-state index contributed by atoms with van der Waals surface area (Å²) in [6.07, 6.45) is 0. The number of carbonyl (C=O) groups is 3. The van der Waals surface area contributed by atoms with Crippen LogP contribution in [-0.2, 0) is 16.1 Å². The summed E-state index contributed by atoms with van der Waals surface area (Å²) in [5.41, 5.74) is -0.358. The van der Waals surface area contributed by atoms with Gasteiger partial charge in [-0.2, -0.15) is 5.10 Å². The van der Waals surface area contributed by atoms with Gasteiger partial charge in [-0.05, 0) is 23.4 Å². The molecular weight excluding hydrogens is 394 g/mol.